The molecular formula is C15H14O4S. The van der Waals surface area contributed by atoms with E-state index in [2.05, 4.69) is 0 Å². The predicted molar refractivity (Wildman–Crippen MR) is 78.9 cm³/mol. The minimum atomic E-state index is -0.0639. The Balaban J connectivity index is 2.27. The summed E-state index contributed by atoms with van der Waals surface area (Å²) < 4.78 is 10.1. The van der Waals surface area contributed by atoms with Gasteiger partial charge in [-0.2, -0.15) is 0 Å². The monoisotopic (exact) mass is 290 g/mol. The maximum Gasteiger partial charge on any atom is 0.200 e. The molecule has 0 unspecified atom stereocenters. The zero-order chi connectivity index (χ0) is 14.5. The summed E-state index contributed by atoms with van der Waals surface area (Å²) in [7, 11) is 2.91. The summed E-state index contributed by atoms with van der Waals surface area (Å²) in [5, 5.41) is 11.7. The highest BCUT2D eigenvalue weighted by Gasteiger charge is 2.10. The van der Waals surface area contributed by atoms with Crippen molar-refractivity contribution in [3.63, 3.8) is 0 Å². The Morgan fingerprint density at radius 1 is 1.25 bits per heavy atom. The van der Waals surface area contributed by atoms with Gasteiger partial charge in [-0.3, -0.25) is 4.79 Å². The van der Waals surface area contributed by atoms with Crippen molar-refractivity contribution in [2.24, 2.45) is 0 Å². The van der Waals surface area contributed by atoms with Crippen LogP contribution < -0.4 is 9.47 Å². The van der Waals surface area contributed by atoms with Crippen LogP contribution in [-0.4, -0.2) is 25.1 Å². The van der Waals surface area contributed by atoms with Gasteiger partial charge in [0.1, 0.15) is 0 Å². The van der Waals surface area contributed by atoms with Crippen molar-refractivity contribution in [1.82, 2.24) is 0 Å². The smallest absolute Gasteiger partial charge is 0.200 e. The van der Waals surface area contributed by atoms with Gasteiger partial charge in [0, 0.05) is 0 Å². The number of hydrogen-bond acceptors (Lipinski definition) is 5. The van der Waals surface area contributed by atoms with E-state index in [1.807, 2.05) is 11.4 Å². The number of phenols is 1. The average Bonchev–Trinajstić information content (AvgIpc) is 3.00. The van der Waals surface area contributed by atoms with Crippen molar-refractivity contribution in [3.05, 3.63) is 46.2 Å². The van der Waals surface area contributed by atoms with E-state index in [1.165, 1.54) is 31.6 Å². The second-order valence-electron chi connectivity index (χ2n) is 3.95. The molecule has 0 aliphatic rings. The van der Waals surface area contributed by atoms with Crippen molar-refractivity contribution in [2.45, 2.75) is 0 Å². The second-order valence-corrected chi connectivity index (χ2v) is 4.90. The highest BCUT2D eigenvalue weighted by Crippen LogP contribution is 2.37. The van der Waals surface area contributed by atoms with Gasteiger partial charge in [-0.25, -0.2) is 0 Å². The third kappa shape index (κ3) is 3.00. The van der Waals surface area contributed by atoms with E-state index >= 15 is 0 Å². The number of allylic oxidation sites excluding steroid dienone is 1. The fourth-order valence-electron chi connectivity index (χ4n) is 1.68. The van der Waals surface area contributed by atoms with E-state index in [-0.39, 0.29) is 11.5 Å². The lowest BCUT2D eigenvalue weighted by Crippen LogP contribution is -1.91. The maximum atomic E-state index is 11.9. The van der Waals surface area contributed by atoms with Crippen molar-refractivity contribution < 1.29 is 19.4 Å². The summed E-state index contributed by atoms with van der Waals surface area (Å²) in [6.45, 7) is 0. The number of methoxy groups -OCH3 is 2. The molecule has 2 aromatic rings. The summed E-state index contributed by atoms with van der Waals surface area (Å²) in [4.78, 5) is 12.5. The summed E-state index contributed by atoms with van der Waals surface area (Å²) >= 11 is 1.39. The molecule has 104 valence electrons. The molecule has 0 radical (unpaired) electrons. The fourth-order valence-corrected chi connectivity index (χ4v) is 2.33. The number of rotatable bonds is 5. The first-order valence-corrected chi connectivity index (χ1v) is 6.74. The molecule has 0 aliphatic carbocycles. The Hall–Kier alpha value is -2.27. The van der Waals surface area contributed by atoms with Crippen LogP contribution in [0.2, 0.25) is 0 Å². The molecule has 0 amide bonds. The summed E-state index contributed by atoms with van der Waals surface area (Å²) in [5.41, 5.74) is 0.710. The van der Waals surface area contributed by atoms with Crippen molar-refractivity contribution in [1.29, 1.82) is 0 Å². The van der Waals surface area contributed by atoms with E-state index in [0.717, 1.165) is 0 Å². The first-order chi connectivity index (χ1) is 9.65. The minimum absolute atomic E-state index is 0.0586. The second kappa shape index (κ2) is 6.25. The van der Waals surface area contributed by atoms with E-state index < -0.39 is 0 Å². The zero-order valence-electron chi connectivity index (χ0n) is 11.1. The predicted octanol–water partition coefficient (Wildman–Crippen LogP) is 3.37. The molecule has 0 saturated carbocycles. The van der Waals surface area contributed by atoms with E-state index in [9.17, 15) is 9.90 Å². The van der Waals surface area contributed by atoms with Gasteiger partial charge in [-0.05, 0) is 35.2 Å². The van der Waals surface area contributed by atoms with Crippen LogP contribution in [0.4, 0.5) is 0 Å². The normalized spacial score (nSPS) is 10.7. The Kier molecular flexibility index (Phi) is 4.42. The first-order valence-electron chi connectivity index (χ1n) is 5.86. The van der Waals surface area contributed by atoms with Gasteiger partial charge in [0.2, 0.25) is 5.75 Å². The quantitative estimate of drug-likeness (QED) is 0.677. The van der Waals surface area contributed by atoms with Crippen molar-refractivity contribution in [3.8, 4) is 17.2 Å². The highest BCUT2D eigenvalue weighted by molar-refractivity contribution is 7.12. The van der Waals surface area contributed by atoms with Gasteiger partial charge in [0.25, 0.3) is 0 Å². The van der Waals surface area contributed by atoms with Crippen LogP contribution in [0.15, 0.2) is 35.7 Å². The minimum Gasteiger partial charge on any atom is -0.502 e. The van der Waals surface area contributed by atoms with Crippen LogP contribution in [0, 0.1) is 0 Å². The maximum absolute atomic E-state index is 11.9. The number of ketones is 1. The SMILES string of the molecule is COc1cc(/C=C/C(=O)c2cccs2)cc(OC)c1O. The Bertz CT molecular complexity index is 604. The molecule has 0 saturated heterocycles. The number of carbonyl (C=O) groups excluding carboxylic acids is 1. The number of aromatic hydroxyl groups is 1. The largest absolute Gasteiger partial charge is 0.502 e. The molecule has 5 heteroatoms. The van der Waals surface area contributed by atoms with Gasteiger partial charge < -0.3 is 14.6 Å². The zero-order valence-corrected chi connectivity index (χ0v) is 11.9. The molecule has 0 spiro atoms. The number of carbonyl (C=O) groups is 1. The summed E-state index contributed by atoms with van der Waals surface area (Å²) in [5.74, 6) is 0.475. The molecule has 0 fully saturated rings. The summed E-state index contributed by atoms with van der Waals surface area (Å²) in [6, 6.07) is 6.87. The molecule has 0 aliphatic heterocycles. The molecule has 1 heterocycles. The molecule has 0 atom stereocenters. The number of hydrogen-bond donors (Lipinski definition) is 1. The standard InChI is InChI=1S/C15H14O4S/c1-18-12-8-10(9-13(19-2)15(12)17)5-6-11(16)14-4-3-7-20-14/h3-9,17H,1-2H3/b6-5+. The topological polar surface area (TPSA) is 55.8 Å². The number of benzene rings is 1. The third-order valence-electron chi connectivity index (χ3n) is 2.69. The molecule has 1 aromatic heterocycles. The lowest BCUT2D eigenvalue weighted by atomic mass is 10.1. The third-order valence-corrected chi connectivity index (χ3v) is 3.58. The summed E-state index contributed by atoms with van der Waals surface area (Å²) in [6.07, 6.45) is 3.14. The first kappa shape index (κ1) is 14.1. The van der Waals surface area contributed by atoms with Crippen LogP contribution in [0.5, 0.6) is 17.2 Å². The van der Waals surface area contributed by atoms with E-state index in [0.29, 0.717) is 21.9 Å². The molecule has 1 N–H and O–H groups in total. The van der Waals surface area contributed by atoms with Gasteiger partial charge in [0.15, 0.2) is 17.3 Å². The van der Waals surface area contributed by atoms with Crippen molar-refractivity contribution >= 4 is 23.2 Å². The van der Waals surface area contributed by atoms with Crippen LogP contribution in [0.1, 0.15) is 15.2 Å². The van der Waals surface area contributed by atoms with Crippen LogP contribution >= 0.6 is 11.3 Å². The lowest BCUT2D eigenvalue weighted by Gasteiger charge is -2.09. The van der Waals surface area contributed by atoms with E-state index in [4.69, 9.17) is 9.47 Å². The van der Waals surface area contributed by atoms with Crippen LogP contribution in [-0.2, 0) is 0 Å². The number of phenolic OH excluding ortho intramolecular Hbond substituents is 1. The van der Waals surface area contributed by atoms with Gasteiger partial charge in [0.05, 0.1) is 19.1 Å². The fraction of sp³-hybridized carbons (Fsp3) is 0.133. The lowest BCUT2D eigenvalue weighted by molar-refractivity contribution is 0.105. The van der Waals surface area contributed by atoms with Crippen LogP contribution in [0.25, 0.3) is 6.08 Å². The molecule has 0 bridgehead atoms. The Labute approximate surface area is 120 Å². The van der Waals surface area contributed by atoms with Gasteiger partial charge in [-0.15, -0.1) is 11.3 Å². The Morgan fingerprint density at radius 3 is 2.40 bits per heavy atom. The molecule has 4 nitrogen and oxygen atoms in total. The molecule has 2 rings (SSSR count). The van der Waals surface area contributed by atoms with Crippen LogP contribution in [0.3, 0.4) is 0 Å². The number of thiophene rings is 1. The van der Waals surface area contributed by atoms with E-state index in [1.54, 1.807) is 24.3 Å². The highest BCUT2D eigenvalue weighted by atomic mass is 32.1. The molecule has 20 heavy (non-hydrogen) atoms. The number of ether oxygens (including phenoxy) is 2. The average molecular weight is 290 g/mol. The van der Waals surface area contributed by atoms with Gasteiger partial charge >= 0.3 is 0 Å². The van der Waals surface area contributed by atoms with Crippen molar-refractivity contribution in [2.75, 3.05) is 14.2 Å². The van der Waals surface area contributed by atoms with Gasteiger partial charge in [-0.1, -0.05) is 12.1 Å². The molecular weight excluding hydrogens is 276 g/mol. The Morgan fingerprint density at radius 2 is 1.90 bits per heavy atom. The molecule has 1 aromatic carbocycles.